The molecule has 1 aromatic rings. The molecular weight excluding hydrogens is 250 g/mol. The van der Waals surface area contributed by atoms with E-state index in [9.17, 15) is 9.59 Å². The summed E-state index contributed by atoms with van der Waals surface area (Å²) in [4.78, 5) is 23.5. The summed E-state index contributed by atoms with van der Waals surface area (Å²) in [5.74, 6) is 5.01. The lowest BCUT2D eigenvalue weighted by Crippen LogP contribution is -2.36. The largest absolute Gasteiger partial charge is 0.355 e. The van der Waals surface area contributed by atoms with Crippen LogP contribution in [0.2, 0.25) is 0 Å². The smallest absolute Gasteiger partial charge is 0.263 e. The Morgan fingerprint density at radius 1 is 1.44 bits per heavy atom. The van der Waals surface area contributed by atoms with E-state index in [0.29, 0.717) is 17.0 Å². The van der Waals surface area contributed by atoms with Gasteiger partial charge in [-0.25, -0.2) is 0 Å². The van der Waals surface area contributed by atoms with Crippen molar-refractivity contribution in [2.45, 2.75) is 6.92 Å². The minimum atomic E-state index is -0.294. The van der Waals surface area contributed by atoms with Gasteiger partial charge in [-0.1, -0.05) is 11.8 Å². The van der Waals surface area contributed by atoms with Gasteiger partial charge in [0.15, 0.2) is 0 Å². The molecule has 1 rings (SSSR count). The van der Waals surface area contributed by atoms with Gasteiger partial charge in [0, 0.05) is 12.1 Å². The fraction of sp³-hybridized carbons (Fsp3) is 0.333. The van der Waals surface area contributed by atoms with E-state index >= 15 is 0 Å². The van der Waals surface area contributed by atoms with Crippen LogP contribution in [0.5, 0.6) is 0 Å². The maximum Gasteiger partial charge on any atom is 0.263 e. The molecule has 0 spiro atoms. The minimum Gasteiger partial charge on any atom is -0.355 e. The zero-order valence-corrected chi connectivity index (χ0v) is 10.9. The van der Waals surface area contributed by atoms with Crippen molar-refractivity contribution in [3.05, 3.63) is 21.9 Å². The first-order chi connectivity index (χ1) is 8.69. The standard InChI is InChI=1S/C12H15N3O2S/c1-2-14-10(16)8-15-12(17)11-9(4-3-6-13)5-7-18-11/h5,7H,2,6,8,13H2,1H3,(H,14,16)(H,15,17). The number of hydrogen-bond acceptors (Lipinski definition) is 4. The van der Waals surface area contributed by atoms with Gasteiger partial charge in [0.05, 0.1) is 13.1 Å². The summed E-state index contributed by atoms with van der Waals surface area (Å²) >= 11 is 1.29. The molecule has 18 heavy (non-hydrogen) atoms. The second kappa shape index (κ2) is 7.48. The van der Waals surface area contributed by atoms with E-state index in [2.05, 4.69) is 22.5 Å². The molecule has 0 aromatic carbocycles. The Morgan fingerprint density at radius 2 is 2.22 bits per heavy atom. The molecule has 0 aliphatic carbocycles. The number of thiophene rings is 1. The number of carbonyl (C=O) groups excluding carboxylic acids is 2. The van der Waals surface area contributed by atoms with E-state index in [-0.39, 0.29) is 24.9 Å². The van der Waals surface area contributed by atoms with Gasteiger partial charge < -0.3 is 16.4 Å². The lowest BCUT2D eigenvalue weighted by atomic mass is 10.2. The molecule has 96 valence electrons. The molecule has 5 nitrogen and oxygen atoms in total. The molecule has 0 atom stereocenters. The molecule has 4 N–H and O–H groups in total. The monoisotopic (exact) mass is 265 g/mol. The van der Waals surface area contributed by atoms with Crippen LogP contribution in [0.4, 0.5) is 0 Å². The lowest BCUT2D eigenvalue weighted by molar-refractivity contribution is -0.120. The van der Waals surface area contributed by atoms with Crippen molar-refractivity contribution in [1.29, 1.82) is 0 Å². The fourth-order valence-corrected chi connectivity index (χ4v) is 2.00. The number of hydrogen-bond donors (Lipinski definition) is 3. The van der Waals surface area contributed by atoms with Gasteiger partial charge in [-0.05, 0) is 18.4 Å². The van der Waals surface area contributed by atoms with E-state index in [0.717, 1.165) is 0 Å². The molecule has 0 saturated carbocycles. The normalized spacial score (nSPS) is 9.22. The molecule has 1 heterocycles. The SMILES string of the molecule is CCNC(=O)CNC(=O)c1sccc1C#CCN. The van der Waals surface area contributed by atoms with Crippen LogP contribution in [0.1, 0.15) is 22.2 Å². The highest BCUT2D eigenvalue weighted by atomic mass is 32.1. The maximum absolute atomic E-state index is 11.8. The molecular formula is C12H15N3O2S. The molecule has 2 amide bonds. The lowest BCUT2D eigenvalue weighted by Gasteiger charge is -2.04. The molecule has 0 aliphatic heterocycles. The van der Waals surface area contributed by atoms with E-state index in [4.69, 9.17) is 5.73 Å². The first-order valence-corrected chi connectivity index (χ1v) is 6.38. The number of likely N-dealkylation sites (N-methyl/N-ethyl adjacent to an activating group) is 1. The summed E-state index contributed by atoms with van der Waals surface area (Å²) in [6.07, 6.45) is 0. The van der Waals surface area contributed by atoms with Crippen molar-refractivity contribution in [2.75, 3.05) is 19.6 Å². The van der Waals surface area contributed by atoms with Crippen molar-refractivity contribution in [3.8, 4) is 11.8 Å². The van der Waals surface area contributed by atoms with E-state index < -0.39 is 0 Å². The summed E-state index contributed by atoms with van der Waals surface area (Å²) in [7, 11) is 0. The van der Waals surface area contributed by atoms with E-state index in [1.54, 1.807) is 11.4 Å². The molecule has 6 heteroatoms. The Kier molecular flexibility index (Phi) is 5.91. The average molecular weight is 265 g/mol. The minimum absolute atomic E-state index is 0.0334. The summed E-state index contributed by atoms with van der Waals surface area (Å²) in [5, 5.41) is 6.93. The van der Waals surface area contributed by atoms with Crippen molar-refractivity contribution in [2.24, 2.45) is 5.73 Å². The van der Waals surface area contributed by atoms with Crippen molar-refractivity contribution >= 4 is 23.2 Å². The van der Waals surface area contributed by atoms with E-state index in [1.165, 1.54) is 11.3 Å². The average Bonchev–Trinajstić information content (AvgIpc) is 2.82. The van der Waals surface area contributed by atoms with E-state index in [1.807, 2.05) is 6.92 Å². The van der Waals surface area contributed by atoms with Crippen LogP contribution in [-0.2, 0) is 4.79 Å². The Bertz CT molecular complexity index is 485. The zero-order chi connectivity index (χ0) is 13.4. The molecule has 1 aromatic heterocycles. The van der Waals surface area contributed by atoms with Crippen LogP contribution in [-0.4, -0.2) is 31.4 Å². The maximum atomic E-state index is 11.8. The molecule has 0 saturated heterocycles. The summed E-state index contributed by atoms with van der Waals surface area (Å²) < 4.78 is 0. The van der Waals surface area contributed by atoms with Crippen LogP contribution in [0.15, 0.2) is 11.4 Å². The molecule has 0 unspecified atom stereocenters. The first-order valence-electron chi connectivity index (χ1n) is 5.50. The number of rotatable bonds is 4. The fourth-order valence-electron chi connectivity index (χ4n) is 1.23. The van der Waals surface area contributed by atoms with Gasteiger partial charge in [0.2, 0.25) is 5.91 Å². The van der Waals surface area contributed by atoms with Crippen LogP contribution in [0.3, 0.4) is 0 Å². The first kappa shape index (κ1) is 14.2. The van der Waals surface area contributed by atoms with Crippen LogP contribution < -0.4 is 16.4 Å². The molecule has 0 fully saturated rings. The Morgan fingerprint density at radius 3 is 2.89 bits per heavy atom. The number of amides is 2. The van der Waals surface area contributed by atoms with Gasteiger partial charge in [-0.3, -0.25) is 9.59 Å². The van der Waals surface area contributed by atoms with Crippen molar-refractivity contribution < 1.29 is 9.59 Å². The van der Waals surface area contributed by atoms with Crippen molar-refractivity contribution in [3.63, 3.8) is 0 Å². The summed E-state index contributed by atoms with van der Waals surface area (Å²) in [6.45, 7) is 2.57. The third-order valence-electron chi connectivity index (χ3n) is 1.98. The molecule has 0 bridgehead atoms. The quantitative estimate of drug-likeness (QED) is 0.666. The number of carbonyl (C=O) groups is 2. The third kappa shape index (κ3) is 4.20. The van der Waals surface area contributed by atoms with Gasteiger partial charge >= 0.3 is 0 Å². The molecule has 0 radical (unpaired) electrons. The zero-order valence-electron chi connectivity index (χ0n) is 10.1. The van der Waals surface area contributed by atoms with Gasteiger partial charge in [0.1, 0.15) is 4.88 Å². The second-order valence-corrected chi connectivity index (χ2v) is 4.22. The predicted octanol–water partition coefficient (Wildman–Crippen LogP) is -0.0758. The highest BCUT2D eigenvalue weighted by Gasteiger charge is 2.12. The van der Waals surface area contributed by atoms with Crippen LogP contribution in [0, 0.1) is 11.8 Å². The Balaban J connectivity index is 2.62. The molecule has 0 aliphatic rings. The Labute approximate surface area is 110 Å². The highest BCUT2D eigenvalue weighted by molar-refractivity contribution is 7.12. The van der Waals surface area contributed by atoms with Gasteiger partial charge in [0.25, 0.3) is 5.91 Å². The van der Waals surface area contributed by atoms with Gasteiger partial charge in [-0.2, -0.15) is 0 Å². The van der Waals surface area contributed by atoms with Crippen LogP contribution in [0.25, 0.3) is 0 Å². The Hall–Kier alpha value is -1.84. The summed E-state index contributed by atoms with van der Waals surface area (Å²) in [6, 6.07) is 1.76. The summed E-state index contributed by atoms with van der Waals surface area (Å²) in [5.41, 5.74) is 5.92. The number of nitrogens with two attached hydrogens (primary N) is 1. The van der Waals surface area contributed by atoms with Gasteiger partial charge in [-0.15, -0.1) is 11.3 Å². The third-order valence-corrected chi connectivity index (χ3v) is 2.89. The second-order valence-electron chi connectivity index (χ2n) is 3.31. The predicted molar refractivity (Wildman–Crippen MR) is 71.3 cm³/mol. The topological polar surface area (TPSA) is 84.2 Å². The number of nitrogens with one attached hydrogen (secondary N) is 2. The van der Waals surface area contributed by atoms with Crippen LogP contribution >= 0.6 is 11.3 Å². The van der Waals surface area contributed by atoms with Crippen molar-refractivity contribution in [1.82, 2.24) is 10.6 Å². The highest BCUT2D eigenvalue weighted by Crippen LogP contribution is 2.15.